The Kier molecular flexibility index (Phi) is 2.86. The molecule has 0 bridgehead atoms. The number of fused-ring (bicyclic) bond motifs is 1. The van der Waals surface area contributed by atoms with E-state index >= 15 is 0 Å². The highest BCUT2D eigenvalue weighted by atomic mass is 32.1. The Hall–Kier alpha value is -1.71. The van der Waals surface area contributed by atoms with Crippen molar-refractivity contribution in [1.82, 2.24) is 4.98 Å². The van der Waals surface area contributed by atoms with Crippen LogP contribution in [0.5, 0.6) is 0 Å². The van der Waals surface area contributed by atoms with Crippen LogP contribution in [-0.4, -0.2) is 10.1 Å². The van der Waals surface area contributed by atoms with E-state index in [1.807, 2.05) is 42.8 Å². The van der Waals surface area contributed by atoms with Gasteiger partial charge in [-0.15, -0.1) is 0 Å². The van der Waals surface area contributed by atoms with E-state index in [1.165, 1.54) is 0 Å². The largest absolute Gasteiger partial charge is 0.384 e. The molecule has 18 heavy (non-hydrogen) atoms. The summed E-state index contributed by atoms with van der Waals surface area (Å²) in [6.45, 7) is 2.03. The van der Waals surface area contributed by atoms with Crippen molar-refractivity contribution in [2.75, 3.05) is 0 Å². The molecule has 1 aromatic carbocycles. The van der Waals surface area contributed by atoms with Crippen molar-refractivity contribution >= 4 is 22.1 Å². The van der Waals surface area contributed by atoms with E-state index in [4.69, 9.17) is 0 Å². The Bertz CT molecular complexity index is 684. The molecule has 2 heterocycles. The number of aliphatic hydroxyl groups is 1. The fraction of sp³-hybridized carbons (Fsp3) is 0.133. The topological polar surface area (TPSA) is 33.1 Å². The first-order valence-corrected chi connectivity index (χ1v) is 6.75. The second-order valence-corrected chi connectivity index (χ2v) is 5.10. The summed E-state index contributed by atoms with van der Waals surface area (Å²) in [5.74, 6) is 0. The van der Waals surface area contributed by atoms with Crippen LogP contribution in [0.15, 0.2) is 47.4 Å². The second kappa shape index (κ2) is 4.52. The lowest BCUT2D eigenvalue weighted by Crippen LogP contribution is -2.00. The minimum absolute atomic E-state index is 0.567. The molecule has 1 N–H and O–H groups in total. The Morgan fingerprint density at radius 3 is 2.83 bits per heavy atom. The predicted octanol–water partition coefficient (Wildman–Crippen LogP) is 3.69. The molecule has 0 aliphatic rings. The molecule has 0 saturated carbocycles. The van der Waals surface area contributed by atoms with Gasteiger partial charge in [0.05, 0.1) is 0 Å². The van der Waals surface area contributed by atoms with Crippen molar-refractivity contribution < 1.29 is 5.11 Å². The Morgan fingerprint density at radius 1 is 1.17 bits per heavy atom. The quantitative estimate of drug-likeness (QED) is 0.757. The van der Waals surface area contributed by atoms with E-state index in [0.29, 0.717) is 0 Å². The molecule has 3 rings (SSSR count). The van der Waals surface area contributed by atoms with E-state index in [9.17, 15) is 5.11 Å². The van der Waals surface area contributed by atoms with Gasteiger partial charge < -0.3 is 5.11 Å². The van der Waals surface area contributed by atoms with Crippen molar-refractivity contribution in [1.29, 1.82) is 0 Å². The Morgan fingerprint density at radius 2 is 2.06 bits per heavy atom. The summed E-state index contributed by atoms with van der Waals surface area (Å²) in [4.78, 5) is 4.11. The zero-order valence-electron chi connectivity index (χ0n) is 10.00. The molecule has 3 aromatic rings. The van der Waals surface area contributed by atoms with Crippen LogP contribution in [0.2, 0.25) is 0 Å². The van der Waals surface area contributed by atoms with Crippen LogP contribution >= 0.6 is 11.3 Å². The maximum atomic E-state index is 10.5. The summed E-state index contributed by atoms with van der Waals surface area (Å²) in [5, 5.41) is 16.7. The number of nitrogens with zero attached hydrogens (tertiary/aromatic N) is 1. The maximum Gasteiger partial charge on any atom is 0.106 e. The zero-order valence-corrected chi connectivity index (χ0v) is 10.8. The lowest BCUT2D eigenvalue weighted by Gasteiger charge is -2.13. The van der Waals surface area contributed by atoms with E-state index in [0.717, 1.165) is 27.5 Å². The van der Waals surface area contributed by atoms with Gasteiger partial charge in [-0.1, -0.05) is 18.2 Å². The fourth-order valence-electron chi connectivity index (χ4n) is 2.20. The SMILES string of the molecule is Cc1cscc1C(O)c1cccc2cnccc12. The summed E-state index contributed by atoms with van der Waals surface area (Å²) in [5.41, 5.74) is 3.07. The van der Waals surface area contributed by atoms with Gasteiger partial charge in [0.15, 0.2) is 0 Å². The van der Waals surface area contributed by atoms with Crippen LogP contribution in [0.4, 0.5) is 0 Å². The molecule has 0 fully saturated rings. The first-order chi connectivity index (χ1) is 8.77. The Balaban J connectivity index is 2.18. The van der Waals surface area contributed by atoms with Gasteiger partial charge >= 0.3 is 0 Å². The summed E-state index contributed by atoms with van der Waals surface area (Å²) >= 11 is 1.62. The minimum Gasteiger partial charge on any atom is -0.384 e. The number of hydrogen-bond donors (Lipinski definition) is 1. The van der Waals surface area contributed by atoms with Crippen molar-refractivity contribution in [2.45, 2.75) is 13.0 Å². The molecule has 0 radical (unpaired) electrons. The molecule has 0 aliphatic carbocycles. The van der Waals surface area contributed by atoms with Crippen LogP contribution in [0.25, 0.3) is 10.8 Å². The van der Waals surface area contributed by atoms with Gasteiger partial charge in [0.2, 0.25) is 0 Å². The molecule has 0 aliphatic heterocycles. The number of rotatable bonds is 2. The van der Waals surface area contributed by atoms with Crippen LogP contribution in [0, 0.1) is 6.92 Å². The third-order valence-electron chi connectivity index (χ3n) is 3.20. The zero-order chi connectivity index (χ0) is 12.5. The van der Waals surface area contributed by atoms with Crippen LogP contribution in [0.1, 0.15) is 22.8 Å². The van der Waals surface area contributed by atoms with Gasteiger partial charge in [-0.25, -0.2) is 0 Å². The van der Waals surface area contributed by atoms with E-state index in [1.54, 1.807) is 17.5 Å². The molecule has 0 saturated heterocycles. The molecule has 0 amide bonds. The number of hydrogen-bond acceptors (Lipinski definition) is 3. The van der Waals surface area contributed by atoms with Gasteiger partial charge in [0, 0.05) is 17.8 Å². The fourth-order valence-corrected chi connectivity index (χ4v) is 3.07. The summed E-state index contributed by atoms with van der Waals surface area (Å²) in [6, 6.07) is 7.91. The number of thiophene rings is 1. The lowest BCUT2D eigenvalue weighted by atomic mass is 9.97. The number of aliphatic hydroxyl groups excluding tert-OH is 1. The number of benzene rings is 1. The van der Waals surface area contributed by atoms with Crippen LogP contribution in [0.3, 0.4) is 0 Å². The van der Waals surface area contributed by atoms with E-state index in [-0.39, 0.29) is 0 Å². The first-order valence-electron chi connectivity index (χ1n) is 5.81. The van der Waals surface area contributed by atoms with Crippen LogP contribution < -0.4 is 0 Å². The molecule has 3 heteroatoms. The molecule has 1 atom stereocenters. The first kappa shape index (κ1) is 11.4. The summed E-state index contributed by atoms with van der Waals surface area (Å²) < 4.78 is 0. The summed E-state index contributed by atoms with van der Waals surface area (Å²) in [7, 11) is 0. The maximum absolute atomic E-state index is 10.5. The molecule has 0 spiro atoms. The molecular formula is C15H13NOS. The minimum atomic E-state index is -0.567. The summed E-state index contributed by atoms with van der Waals surface area (Å²) in [6.07, 6.45) is 3.02. The van der Waals surface area contributed by atoms with E-state index in [2.05, 4.69) is 10.4 Å². The van der Waals surface area contributed by atoms with Crippen molar-refractivity contribution in [3.05, 3.63) is 64.1 Å². The third kappa shape index (κ3) is 1.82. The van der Waals surface area contributed by atoms with Gasteiger partial charge in [-0.3, -0.25) is 4.98 Å². The predicted molar refractivity (Wildman–Crippen MR) is 74.9 cm³/mol. The van der Waals surface area contributed by atoms with Gasteiger partial charge in [0.25, 0.3) is 0 Å². The monoisotopic (exact) mass is 255 g/mol. The number of aryl methyl sites for hydroxylation is 1. The van der Waals surface area contributed by atoms with E-state index < -0.39 is 6.10 Å². The molecular weight excluding hydrogens is 242 g/mol. The third-order valence-corrected chi connectivity index (χ3v) is 4.08. The number of aromatic nitrogens is 1. The average Bonchev–Trinajstić information content (AvgIpc) is 2.83. The normalized spacial score (nSPS) is 12.8. The highest BCUT2D eigenvalue weighted by Crippen LogP contribution is 2.31. The highest BCUT2D eigenvalue weighted by Gasteiger charge is 2.15. The number of pyridine rings is 1. The van der Waals surface area contributed by atoms with Crippen molar-refractivity contribution in [2.24, 2.45) is 0 Å². The van der Waals surface area contributed by atoms with Crippen LogP contribution in [-0.2, 0) is 0 Å². The van der Waals surface area contributed by atoms with Gasteiger partial charge in [-0.2, -0.15) is 11.3 Å². The van der Waals surface area contributed by atoms with Crippen molar-refractivity contribution in [3.63, 3.8) is 0 Å². The van der Waals surface area contributed by atoms with Crippen molar-refractivity contribution in [3.8, 4) is 0 Å². The molecule has 2 aromatic heterocycles. The molecule has 1 unspecified atom stereocenters. The molecule has 2 nitrogen and oxygen atoms in total. The smallest absolute Gasteiger partial charge is 0.106 e. The lowest BCUT2D eigenvalue weighted by molar-refractivity contribution is 0.221. The molecule has 90 valence electrons. The Labute approximate surface area is 110 Å². The van der Waals surface area contributed by atoms with Gasteiger partial charge in [-0.05, 0) is 45.8 Å². The second-order valence-electron chi connectivity index (χ2n) is 4.36. The highest BCUT2D eigenvalue weighted by molar-refractivity contribution is 7.08. The average molecular weight is 255 g/mol. The standard InChI is InChI=1S/C15H13NOS/c1-10-8-18-9-14(10)15(17)13-4-2-3-11-7-16-6-5-12(11)13/h2-9,15,17H,1H3. The van der Waals surface area contributed by atoms with Gasteiger partial charge in [0.1, 0.15) is 6.10 Å².